The number of halogens is 1. The Balaban J connectivity index is 1.93. The molecule has 4 rings (SSSR count). The van der Waals surface area contributed by atoms with E-state index in [-0.39, 0.29) is 5.82 Å². The summed E-state index contributed by atoms with van der Waals surface area (Å²) in [5.41, 5.74) is 3.63. The van der Waals surface area contributed by atoms with E-state index in [0.29, 0.717) is 17.3 Å². The number of hydrogen-bond donors (Lipinski definition) is 1. The largest absolute Gasteiger partial charge is 0.335 e. The number of aryl methyl sites for hydroxylation is 2. The molecule has 0 aliphatic heterocycles. The number of para-hydroxylation sites is 3. The quantitative estimate of drug-likeness (QED) is 0.607. The molecule has 0 bridgehead atoms. The van der Waals surface area contributed by atoms with Crippen molar-refractivity contribution < 1.29 is 4.39 Å². The summed E-state index contributed by atoms with van der Waals surface area (Å²) in [6, 6.07) is 16.0. The molecule has 0 unspecified atom stereocenters. The minimum Gasteiger partial charge on any atom is -0.335 e. The van der Waals surface area contributed by atoms with Crippen LogP contribution in [-0.4, -0.2) is 19.7 Å². The molecule has 0 aliphatic carbocycles. The lowest BCUT2D eigenvalue weighted by molar-refractivity contribution is 0.631. The smallest absolute Gasteiger partial charge is 0.197 e. The van der Waals surface area contributed by atoms with Crippen molar-refractivity contribution in [3.05, 3.63) is 71.8 Å². The fourth-order valence-electron chi connectivity index (χ4n) is 2.76. The molecule has 0 saturated heterocycles. The first kappa shape index (κ1) is 15.3. The molecule has 6 heteroatoms. The molecule has 2 aromatic carbocycles. The third-order valence-electron chi connectivity index (χ3n) is 3.89. The Kier molecular flexibility index (Phi) is 3.65. The van der Waals surface area contributed by atoms with Crippen molar-refractivity contribution in [1.82, 2.24) is 19.7 Å². The van der Waals surface area contributed by atoms with Gasteiger partial charge in [0.1, 0.15) is 5.82 Å². The van der Waals surface area contributed by atoms with Crippen molar-refractivity contribution in [2.24, 2.45) is 0 Å². The molecule has 0 amide bonds. The van der Waals surface area contributed by atoms with Crippen LogP contribution >= 0.6 is 0 Å². The number of nitrogens with one attached hydrogen (secondary N) is 1. The zero-order valence-corrected chi connectivity index (χ0v) is 13.9. The Bertz CT molecular complexity index is 1070. The van der Waals surface area contributed by atoms with E-state index in [0.717, 1.165) is 22.4 Å². The van der Waals surface area contributed by atoms with Crippen molar-refractivity contribution in [1.29, 1.82) is 0 Å². The Morgan fingerprint density at radius 2 is 1.60 bits per heavy atom. The van der Waals surface area contributed by atoms with Crippen LogP contribution in [0.25, 0.3) is 16.9 Å². The van der Waals surface area contributed by atoms with Gasteiger partial charge in [-0.05, 0) is 44.2 Å². The van der Waals surface area contributed by atoms with Gasteiger partial charge in [0.15, 0.2) is 11.6 Å². The van der Waals surface area contributed by atoms with E-state index >= 15 is 0 Å². The van der Waals surface area contributed by atoms with Crippen LogP contribution in [0.3, 0.4) is 0 Å². The first-order chi connectivity index (χ1) is 12.1. The summed E-state index contributed by atoms with van der Waals surface area (Å²) in [4.78, 5) is 9.34. The molecule has 0 aliphatic rings. The lowest BCUT2D eigenvalue weighted by atomic mass is 10.3. The first-order valence-electron chi connectivity index (χ1n) is 7.94. The molecule has 1 N–H and O–H groups in total. The fraction of sp³-hybridized carbons (Fsp3) is 0.105. The van der Waals surface area contributed by atoms with E-state index in [1.165, 1.54) is 6.07 Å². The van der Waals surface area contributed by atoms with Gasteiger partial charge in [0.2, 0.25) is 0 Å². The highest BCUT2D eigenvalue weighted by Gasteiger charge is 2.15. The van der Waals surface area contributed by atoms with Crippen LogP contribution in [0, 0.1) is 19.7 Å². The van der Waals surface area contributed by atoms with Crippen LogP contribution in [-0.2, 0) is 0 Å². The molecule has 0 radical (unpaired) electrons. The van der Waals surface area contributed by atoms with Crippen LogP contribution in [0.15, 0.2) is 54.6 Å². The lowest BCUT2D eigenvalue weighted by Crippen LogP contribution is -2.09. The molecular formula is C19H16FN5. The van der Waals surface area contributed by atoms with Crippen molar-refractivity contribution in [2.45, 2.75) is 13.8 Å². The van der Waals surface area contributed by atoms with Crippen molar-refractivity contribution in [2.75, 3.05) is 5.32 Å². The molecule has 4 aromatic rings. The SMILES string of the molecule is Cc1cc(C)n(-c2nc3ccccc3nc2Nc2ccccc2F)n1. The average molecular weight is 333 g/mol. The zero-order valence-electron chi connectivity index (χ0n) is 13.9. The molecule has 0 atom stereocenters. The maximum Gasteiger partial charge on any atom is 0.197 e. The van der Waals surface area contributed by atoms with Gasteiger partial charge in [-0.15, -0.1) is 0 Å². The third kappa shape index (κ3) is 2.82. The highest BCUT2D eigenvalue weighted by molar-refractivity contribution is 5.79. The van der Waals surface area contributed by atoms with E-state index in [2.05, 4.69) is 15.4 Å². The molecule has 25 heavy (non-hydrogen) atoms. The third-order valence-corrected chi connectivity index (χ3v) is 3.89. The monoisotopic (exact) mass is 333 g/mol. The van der Waals surface area contributed by atoms with Crippen LogP contribution < -0.4 is 5.32 Å². The van der Waals surface area contributed by atoms with Gasteiger partial charge in [-0.25, -0.2) is 19.0 Å². The summed E-state index contributed by atoms with van der Waals surface area (Å²) in [7, 11) is 0. The molecular weight excluding hydrogens is 317 g/mol. The van der Waals surface area contributed by atoms with E-state index in [4.69, 9.17) is 4.98 Å². The highest BCUT2D eigenvalue weighted by atomic mass is 19.1. The maximum absolute atomic E-state index is 14.1. The second-order valence-electron chi connectivity index (χ2n) is 5.83. The number of nitrogens with zero attached hydrogens (tertiary/aromatic N) is 4. The summed E-state index contributed by atoms with van der Waals surface area (Å²) in [6.07, 6.45) is 0. The summed E-state index contributed by atoms with van der Waals surface area (Å²) in [6.45, 7) is 3.87. The second-order valence-corrected chi connectivity index (χ2v) is 5.83. The molecule has 5 nitrogen and oxygen atoms in total. The summed E-state index contributed by atoms with van der Waals surface area (Å²) in [5.74, 6) is 0.638. The van der Waals surface area contributed by atoms with E-state index in [9.17, 15) is 4.39 Å². The van der Waals surface area contributed by atoms with Gasteiger partial charge >= 0.3 is 0 Å². The van der Waals surface area contributed by atoms with Crippen molar-refractivity contribution in [3.63, 3.8) is 0 Å². The number of hydrogen-bond acceptors (Lipinski definition) is 4. The second kappa shape index (κ2) is 5.98. The number of aromatic nitrogens is 4. The first-order valence-corrected chi connectivity index (χ1v) is 7.94. The maximum atomic E-state index is 14.1. The Hall–Kier alpha value is -3.28. The molecule has 2 aromatic heterocycles. The van der Waals surface area contributed by atoms with Gasteiger partial charge in [0, 0.05) is 5.69 Å². The number of benzene rings is 2. The van der Waals surface area contributed by atoms with Crippen LogP contribution in [0.5, 0.6) is 0 Å². The van der Waals surface area contributed by atoms with Gasteiger partial charge < -0.3 is 5.32 Å². The van der Waals surface area contributed by atoms with E-state index in [1.54, 1.807) is 22.9 Å². The van der Waals surface area contributed by atoms with Crippen LogP contribution in [0.4, 0.5) is 15.9 Å². The number of anilines is 2. The van der Waals surface area contributed by atoms with Gasteiger partial charge in [-0.1, -0.05) is 24.3 Å². The lowest BCUT2D eigenvalue weighted by Gasteiger charge is -2.13. The zero-order chi connectivity index (χ0) is 17.4. The van der Waals surface area contributed by atoms with Crippen molar-refractivity contribution >= 4 is 22.5 Å². The van der Waals surface area contributed by atoms with E-state index in [1.807, 2.05) is 44.2 Å². The molecule has 124 valence electrons. The topological polar surface area (TPSA) is 55.6 Å². The van der Waals surface area contributed by atoms with Crippen molar-refractivity contribution in [3.8, 4) is 5.82 Å². The average Bonchev–Trinajstić information content (AvgIpc) is 2.94. The van der Waals surface area contributed by atoms with Gasteiger partial charge in [0.05, 0.1) is 22.4 Å². The fourth-order valence-corrected chi connectivity index (χ4v) is 2.76. The molecule has 0 spiro atoms. The predicted octanol–water partition coefficient (Wildman–Crippen LogP) is 4.32. The molecule has 0 fully saturated rings. The van der Waals surface area contributed by atoms with Gasteiger partial charge in [-0.2, -0.15) is 5.10 Å². The minimum atomic E-state index is -0.350. The van der Waals surface area contributed by atoms with Crippen LogP contribution in [0.1, 0.15) is 11.4 Å². The summed E-state index contributed by atoms with van der Waals surface area (Å²) < 4.78 is 15.8. The number of fused-ring (bicyclic) bond motifs is 1. The van der Waals surface area contributed by atoms with E-state index < -0.39 is 0 Å². The Morgan fingerprint density at radius 1 is 0.920 bits per heavy atom. The Labute approximate surface area is 144 Å². The highest BCUT2D eigenvalue weighted by Crippen LogP contribution is 2.26. The van der Waals surface area contributed by atoms with Gasteiger partial charge in [-0.3, -0.25) is 0 Å². The number of rotatable bonds is 3. The summed E-state index contributed by atoms with van der Waals surface area (Å²) >= 11 is 0. The Morgan fingerprint density at radius 3 is 2.28 bits per heavy atom. The summed E-state index contributed by atoms with van der Waals surface area (Å²) in [5, 5.41) is 7.55. The molecule has 0 saturated carbocycles. The minimum absolute atomic E-state index is 0.342. The molecule has 2 heterocycles. The van der Waals surface area contributed by atoms with Crippen LogP contribution in [0.2, 0.25) is 0 Å². The normalized spacial score (nSPS) is 11.0. The standard InChI is InChI=1S/C19H16FN5/c1-12-11-13(2)25(24-12)19-18(21-15-8-4-3-7-14(15)20)22-16-9-5-6-10-17(16)23-19/h3-11H,1-2H3,(H,21,22). The predicted molar refractivity (Wildman–Crippen MR) is 95.8 cm³/mol. The van der Waals surface area contributed by atoms with Gasteiger partial charge in [0.25, 0.3) is 0 Å².